The molecule has 3 N–H and O–H groups in total. The molecule has 44 heavy (non-hydrogen) atoms. The lowest BCUT2D eigenvalue weighted by atomic mass is 9.78. The van der Waals surface area contributed by atoms with Gasteiger partial charge in [0, 0.05) is 42.1 Å². The van der Waals surface area contributed by atoms with Gasteiger partial charge >= 0.3 is 0 Å². The Balaban J connectivity index is 1.44. The quantitative estimate of drug-likeness (QED) is 0.145. The van der Waals surface area contributed by atoms with Crippen LogP contribution in [-0.4, -0.2) is 30.0 Å². The number of phenolic OH excluding ortho intramolecular Hbond substituents is 1. The van der Waals surface area contributed by atoms with Crippen LogP contribution in [0.25, 0.3) is 0 Å². The highest BCUT2D eigenvalue weighted by atomic mass is 19.1. The summed E-state index contributed by atoms with van der Waals surface area (Å²) >= 11 is 0. The minimum Gasteiger partial charge on any atom is -0.507 e. The molecule has 0 unspecified atom stereocenters. The molecule has 0 atom stereocenters. The van der Waals surface area contributed by atoms with Gasteiger partial charge in [0.15, 0.2) is 0 Å². The Morgan fingerprint density at radius 3 is 1.66 bits per heavy atom. The van der Waals surface area contributed by atoms with E-state index in [4.69, 9.17) is 0 Å². The maximum atomic E-state index is 13.5. The number of unbranched alkanes of at least 4 members (excludes halogenated alkanes) is 1. The third-order valence-electron chi connectivity index (χ3n) is 7.64. The summed E-state index contributed by atoms with van der Waals surface area (Å²) in [5, 5.41) is 16.6. The van der Waals surface area contributed by atoms with Gasteiger partial charge in [-0.15, -0.1) is 0 Å². The molecule has 0 aliphatic heterocycles. The molecule has 236 valence electrons. The van der Waals surface area contributed by atoms with Crippen molar-refractivity contribution in [3.05, 3.63) is 112 Å². The number of hydrogen-bond acceptors (Lipinski definition) is 3. The average molecular weight is 605 g/mol. The first kappa shape index (κ1) is 34.5. The van der Waals surface area contributed by atoms with Crippen LogP contribution in [0.4, 0.5) is 8.78 Å². The first-order valence-electron chi connectivity index (χ1n) is 15.3. The number of nitrogens with one attached hydrogen (secondary N) is 2. The minimum absolute atomic E-state index is 0.0147. The highest BCUT2D eigenvalue weighted by Crippen LogP contribution is 2.39. The topological polar surface area (TPSA) is 78.4 Å². The second-order valence-corrected chi connectivity index (χ2v) is 13.3. The third-order valence-corrected chi connectivity index (χ3v) is 7.64. The molecular weight excluding hydrogens is 558 g/mol. The molecule has 0 fully saturated rings. The maximum Gasteiger partial charge on any atom is 0.251 e. The fourth-order valence-electron chi connectivity index (χ4n) is 5.14. The van der Waals surface area contributed by atoms with Crippen molar-refractivity contribution in [3.8, 4) is 5.75 Å². The second-order valence-electron chi connectivity index (χ2n) is 13.3. The monoisotopic (exact) mass is 604 g/mol. The summed E-state index contributed by atoms with van der Waals surface area (Å²) in [4.78, 5) is 25.3. The summed E-state index contributed by atoms with van der Waals surface area (Å²) in [5.41, 5.74) is 3.21. The molecule has 7 heteroatoms. The third kappa shape index (κ3) is 10.0. The van der Waals surface area contributed by atoms with Crippen molar-refractivity contribution in [2.45, 2.75) is 84.0 Å². The van der Waals surface area contributed by atoms with Gasteiger partial charge in [-0.25, -0.2) is 8.78 Å². The van der Waals surface area contributed by atoms with E-state index in [1.807, 2.05) is 41.5 Å². The first-order valence-corrected chi connectivity index (χ1v) is 15.3. The van der Waals surface area contributed by atoms with Crippen molar-refractivity contribution >= 4 is 11.8 Å². The van der Waals surface area contributed by atoms with Gasteiger partial charge in [0.1, 0.15) is 17.4 Å². The van der Waals surface area contributed by atoms with E-state index in [0.717, 1.165) is 35.1 Å². The van der Waals surface area contributed by atoms with Crippen molar-refractivity contribution in [1.29, 1.82) is 0 Å². The Morgan fingerprint density at radius 1 is 0.750 bits per heavy atom. The van der Waals surface area contributed by atoms with E-state index in [2.05, 4.69) is 10.6 Å². The Bertz CT molecular complexity index is 1350. The van der Waals surface area contributed by atoms with Gasteiger partial charge in [-0.05, 0) is 71.2 Å². The van der Waals surface area contributed by atoms with E-state index < -0.39 is 0 Å². The highest BCUT2D eigenvalue weighted by Gasteiger charge is 2.27. The van der Waals surface area contributed by atoms with Crippen LogP contribution in [0.5, 0.6) is 5.75 Å². The molecule has 0 saturated carbocycles. The fourth-order valence-corrected chi connectivity index (χ4v) is 5.14. The smallest absolute Gasteiger partial charge is 0.251 e. The maximum absolute atomic E-state index is 13.5. The Hall–Kier alpha value is -4.00. The van der Waals surface area contributed by atoms with E-state index in [1.165, 1.54) is 24.3 Å². The number of hydrogen-bond donors (Lipinski definition) is 3. The van der Waals surface area contributed by atoms with Gasteiger partial charge in [0.2, 0.25) is 5.91 Å². The van der Waals surface area contributed by atoms with E-state index in [1.54, 1.807) is 48.6 Å². The molecule has 5 nitrogen and oxygen atoms in total. The van der Waals surface area contributed by atoms with Crippen LogP contribution in [0.2, 0.25) is 0 Å². The van der Waals surface area contributed by atoms with E-state index >= 15 is 0 Å². The van der Waals surface area contributed by atoms with Crippen LogP contribution in [0.1, 0.15) is 106 Å². The van der Waals surface area contributed by atoms with Crippen molar-refractivity contribution in [2.75, 3.05) is 13.1 Å². The molecule has 3 aromatic carbocycles. The molecular formula is C37H46F2N2O3. The summed E-state index contributed by atoms with van der Waals surface area (Å²) in [5.74, 6) is -0.679. The van der Waals surface area contributed by atoms with Crippen LogP contribution >= 0.6 is 0 Å². The molecule has 0 aromatic heterocycles. The van der Waals surface area contributed by atoms with Crippen LogP contribution in [-0.2, 0) is 15.6 Å². The van der Waals surface area contributed by atoms with Gasteiger partial charge in [0.25, 0.3) is 5.91 Å². The van der Waals surface area contributed by atoms with Gasteiger partial charge < -0.3 is 15.7 Å². The number of halogens is 2. The average Bonchev–Trinajstić information content (AvgIpc) is 2.95. The SMILES string of the molecule is CC(C)(C)c1cc(C(=O)NCC=CCNC(=O)CCCCC(c2ccc(F)cc2)c2ccc(F)cc2)cc(C(C)(C)C)c1O. The summed E-state index contributed by atoms with van der Waals surface area (Å²) in [6, 6.07) is 16.2. The number of rotatable bonds is 12. The summed E-state index contributed by atoms with van der Waals surface area (Å²) < 4.78 is 26.9. The zero-order valence-corrected chi connectivity index (χ0v) is 26.8. The number of benzene rings is 3. The van der Waals surface area contributed by atoms with Gasteiger partial charge in [-0.2, -0.15) is 0 Å². The van der Waals surface area contributed by atoms with Crippen molar-refractivity contribution < 1.29 is 23.5 Å². The molecule has 0 saturated heterocycles. The van der Waals surface area contributed by atoms with E-state index in [9.17, 15) is 23.5 Å². The van der Waals surface area contributed by atoms with Crippen molar-refractivity contribution in [3.63, 3.8) is 0 Å². The van der Waals surface area contributed by atoms with Crippen molar-refractivity contribution in [1.82, 2.24) is 10.6 Å². The molecule has 0 heterocycles. The molecule has 0 aliphatic rings. The molecule has 3 rings (SSSR count). The number of amides is 2. The highest BCUT2D eigenvalue weighted by molar-refractivity contribution is 5.95. The zero-order valence-electron chi connectivity index (χ0n) is 26.8. The lowest BCUT2D eigenvalue weighted by molar-refractivity contribution is -0.121. The standard InChI is InChI=1S/C37H46F2N2O3/c1-36(2,3)31-23-27(24-32(34(31)43)37(4,5)6)35(44)41-22-10-9-21-40-33(42)12-8-7-11-30(25-13-17-28(38)18-14-25)26-15-19-29(39)20-16-26/h9-10,13-20,23-24,30,43H,7-8,11-12,21-22H2,1-6H3,(H,40,42)(H,41,44). The fraction of sp³-hybridized carbons (Fsp3) is 0.405. The van der Waals surface area contributed by atoms with Crippen LogP contribution in [0.3, 0.4) is 0 Å². The molecule has 0 bridgehead atoms. The van der Waals surface area contributed by atoms with Gasteiger partial charge in [-0.3, -0.25) is 9.59 Å². The van der Waals surface area contributed by atoms with Crippen LogP contribution in [0, 0.1) is 11.6 Å². The molecule has 0 spiro atoms. The van der Waals surface area contributed by atoms with Gasteiger partial charge in [0.05, 0.1) is 0 Å². The Kier molecular flexibility index (Phi) is 11.9. The minimum atomic E-state index is -0.328. The molecule has 2 amide bonds. The van der Waals surface area contributed by atoms with Crippen molar-refractivity contribution in [2.24, 2.45) is 0 Å². The Labute approximate surface area is 260 Å². The number of carbonyl (C=O) groups excluding carboxylic acids is 2. The van der Waals surface area contributed by atoms with E-state index in [-0.39, 0.29) is 45.9 Å². The summed E-state index contributed by atoms with van der Waals surface area (Å²) in [7, 11) is 0. The van der Waals surface area contributed by atoms with Crippen LogP contribution in [0.15, 0.2) is 72.8 Å². The largest absolute Gasteiger partial charge is 0.507 e. The number of phenols is 1. The summed E-state index contributed by atoms with van der Waals surface area (Å²) in [6.07, 6.45) is 6.18. The summed E-state index contributed by atoms with van der Waals surface area (Å²) in [6.45, 7) is 12.7. The number of carbonyl (C=O) groups is 2. The predicted octanol–water partition coefficient (Wildman–Crippen LogP) is 8.06. The first-order chi connectivity index (χ1) is 20.7. The van der Waals surface area contributed by atoms with Crippen LogP contribution < -0.4 is 10.6 Å². The number of aromatic hydroxyl groups is 1. The molecule has 3 aromatic rings. The Morgan fingerprint density at radius 2 is 1.20 bits per heavy atom. The lowest BCUT2D eigenvalue weighted by Crippen LogP contribution is -2.26. The lowest BCUT2D eigenvalue weighted by Gasteiger charge is -2.28. The zero-order chi connectivity index (χ0) is 32.5. The normalized spacial score (nSPS) is 12.1. The van der Waals surface area contributed by atoms with Gasteiger partial charge in [-0.1, -0.05) is 84.4 Å². The molecule has 0 aliphatic carbocycles. The molecule has 0 radical (unpaired) electrons. The predicted molar refractivity (Wildman–Crippen MR) is 173 cm³/mol. The second kappa shape index (κ2) is 15.1. The van der Waals surface area contributed by atoms with E-state index in [0.29, 0.717) is 31.5 Å².